The average Bonchev–Trinajstić information content (AvgIpc) is 3.05. The molecule has 118 valence electrons. The van der Waals surface area contributed by atoms with Gasteiger partial charge in [-0.15, -0.1) is 11.3 Å². The van der Waals surface area contributed by atoms with Crippen molar-refractivity contribution < 1.29 is 9.47 Å². The highest BCUT2D eigenvalue weighted by Crippen LogP contribution is 2.18. The van der Waals surface area contributed by atoms with Gasteiger partial charge in [-0.3, -0.25) is 4.99 Å². The Balaban J connectivity index is 1.66. The first kappa shape index (κ1) is 16.0. The topological polar surface area (TPSA) is 76.2 Å². The molecule has 1 aliphatic rings. The quantitative estimate of drug-likeness (QED) is 0.441. The number of rotatable bonds is 7. The molecule has 2 heterocycles. The third-order valence-corrected chi connectivity index (χ3v) is 4.07. The second-order valence-electron chi connectivity index (χ2n) is 4.63. The van der Waals surface area contributed by atoms with Crippen LogP contribution in [0.1, 0.15) is 0 Å². The average molecular weight is 313 g/mol. The molecule has 0 saturated carbocycles. The Morgan fingerprint density at radius 3 is 2.81 bits per heavy atom. The molecule has 0 amide bonds. The van der Waals surface area contributed by atoms with Crippen LogP contribution in [-0.4, -0.2) is 75.5 Å². The Kier molecular flexibility index (Phi) is 6.71. The molecule has 0 spiro atoms. The van der Waals surface area contributed by atoms with Gasteiger partial charge in [0.05, 0.1) is 26.4 Å². The fourth-order valence-electron chi connectivity index (χ4n) is 2.07. The standard InChI is InChI=1S/C13H23N5O2S/c1-19-9-10-20-8-2-15-12(14)17-4-6-18(7-5-17)13-16-3-11-21-13/h3,11H,2,4-10H2,1H3,(H2,14,15). The lowest BCUT2D eigenvalue weighted by atomic mass is 10.3. The normalized spacial score (nSPS) is 16.5. The molecule has 1 aromatic rings. The molecular weight excluding hydrogens is 290 g/mol. The van der Waals surface area contributed by atoms with Crippen molar-refractivity contribution in [2.24, 2.45) is 10.7 Å². The van der Waals surface area contributed by atoms with E-state index in [0.29, 0.717) is 32.3 Å². The van der Waals surface area contributed by atoms with Gasteiger partial charge in [0.1, 0.15) is 0 Å². The van der Waals surface area contributed by atoms with Crippen molar-refractivity contribution in [3.8, 4) is 0 Å². The van der Waals surface area contributed by atoms with E-state index < -0.39 is 0 Å². The summed E-state index contributed by atoms with van der Waals surface area (Å²) in [5, 5.41) is 3.08. The monoisotopic (exact) mass is 313 g/mol. The summed E-state index contributed by atoms with van der Waals surface area (Å²) in [6, 6.07) is 0. The van der Waals surface area contributed by atoms with E-state index in [1.165, 1.54) is 0 Å². The molecule has 1 fully saturated rings. The lowest BCUT2D eigenvalue weighted by molar-refractivity contribution is 0.0747. The van der Waals surface area contributed by atoms with Crippen LogP contribution < -0.4 is 10.6 Å². The summed E-state index contributed by atoms with van der Waals surface area (Å²) >= 11 is 1.67. The van der Waals surface area contributed by atoms with Crippen molar-refractivity contribution in [1.29, 1.82) is 0 Å². The highest BCUT2D eigenvalue weighted by molar-refractivity contribution is 7.13. The van der Waals surface area contributed by atoms with Gasteiger partial charge in [0, 0.05) is 44.9 Å². The number of nitrogens with two attached hydrogens (primary N) is 1. The molecular formula is C13H23N5O2S. The lowest BCUT2D eigenvalue weighted by Gasteiger charge is -2.35. The molecule has 0 radical (unpaired) electrons. The van der Waals surface area contributed by atoms with E-state index in [1.54, 1.807) is 18.4 Å². The summed E-state index contributed by atoms with van der Waals surface area (Å²) in [6.45, 7) is 5.96. The van der Waals surface area contributed by atoms with Crippen molar-refractivity contribution >= 4 is 22.4 Å². The van der Waals surface area contributed by atoms with E-state index in [9.17, 15) is 0 Å². The molecule has 1 aromatic heterocycles. The van der Waals surface area contributed by atoms with Crippen molar-refractivity contribution in [2.45, 2.75) is 0 Å². The number of aromatic nitrogens is 1. The molecule has 2 N–H and O–H groups in total. The molecule has 2 rings (SSSR count). The van der Waals surface area contributed by atoms with Gasteiger partial charge >= 0.3 is 0 Å². The van der Waals surface area contributed by atoms with E-state index in [2.05, 4.69) is 19.8 Å². The van der Waals surface area contributed by atoms with Crippen molar-refractivity contribution in [3.63, 3.8) is 0 Å². The number of methoxy groups -OCH3 is 1. The number of hydrogen-bond donors (Lipinski definition) is 1. The van der Waals surface area contributed by atoms with Crippen LogP contribution in [0, 0.1) is 0 Å². The Morgan fingerprint density at radius 2 is 2.14 bits per heavy atom. The largest absolute Gasteiger partial charge is 0.382 e. The van der Waals surface area contributed by atoms with Crippen LogP contribution in [0.2, 0.25) is 0 Å². The van der Waals surface area contributed by atoms with Crippen molar-refractivity contribution in [3.05, 3.63) is 11.6 Å². The predicted octanol–water partition coefficient (Wildman–Crippen LogP) is 0.243. The van der Waals surface area contributed by atoms with Gasteiger partial charge in [0.2, 0.25) is 0 Å². The van der Waals surface area contributed by atoms with Crippen LogP contribution in [0.15, 0.2) is 16.6 Å². The number of aliphatic imine (C=N–C) groups is 1. The summed E-state index contributed by atoms with van der Waals surface area (Å²) in [5.74, 6) is 0.601. The Labute approximate surface area is 129 Å². The molecule has 0 aromatic carbocycles. The number of anilines is 1. The minimum atomic E-state index is 0.573. The molecule has 0 bridgehead atoms. The summed E-state index contributed by atoms with van der Waals surface area (Å²) in [7, 11) is 1.66. The lowest BCUT2D eigenvalue weighted by Crippen LogP contribution is -2.51. The Hall–Kier alpha value is -1.38. The van der Waals surface area contributed by atoms with Crippen LogP contribution in [0.4, 0.5) is 5.13 Å². The van der Waals surface area contributed by atoms with Gasteiger partial charge in [-0.2, -0.15) is 0 Å². The third kappa shape index (κ3) is 5.14. The maximum Gasteiger partial charge on any atom is 0.191 e. The van der Waals surface area contributed by atoms with E-state index in [0.717, 1.165) is 31.3 Å². The number of ether oxygens (including phenoxy) is 2. The van der Waals surface area contributed by atoms with Crippen LogP contribution in [-0.2, 0) is 9.47 Å². The summed E-state index contributed by atoms with van der Waals surface area (Å²) in [4.78, 5) is 13.1. The van der Waals surface area contributed by atoms with Gasteiger partial charge < -0.3 is 25.0 Å². The fourth-order valence-corrected chi connectivity index (χ4v) is 2.76. The third-order valence-electron chi connectivity index (χ3n) is 3.23. The molecule has 1 saturated heterocycles. The Morgan fingerprint density at radius 1 is 1.33 bits per heavy atom. The summed E-state index contributed by atoms with van der Waals surface area (Å²) in [5.41, 5.74) is 6.02. The maximum atomic E-state index is 6.02. The van der Waals surface area contributed by atoms with Gasteiger partial charge in [0.15, 0.2) is 11.1 Å². The molecule has 21 heavy (non-hydrogen) atoms. The van der Waals surface area contributed by atoms with Gasteiger partial charge in [-0.05, 0) is 0 Å². The Bertz CT molecular complexity index is 418. The minimum absolute atomic E-state index is 0.573. The van der Waals surface area contributed by atoms with E-state index >= 15 is 0 Å². The summed E-state index contributed by atoms with van der Waals surface area (Å²) in [6.07, 6.45) is 1.84. The second kappa shape index (κ2) is 8.81. The summed E-state index contributed by atoms with van der Waals surface area (Å²) < 4.78 is 10.3. The smallest absolute Gasteiger partial charge is 0.191 e. The molecule has 0 unspecified atom stereocenters. The van der Waals surface area contributed by atoms with Gasteiger partial charge in [0.25, 0.3) is 0 Å². The fraction of sp³-hybridized carbons (Fsp3) is 0.692. The first-order valence-electron chi connectivity index (χ1n) is 7.07. The van der Waals surface area contributed by atoms with Crippen molar-refractivity contribution in [2.75, 3.05) is 64.6 Å². The number of piperazine rings is 1. The zero-order valence-electron chi connectivity index (χ0n) is 12.4. The highest BCUT2D eigenvalue weighted by atomic mass is 32.1. The van der Waals surface area contributed by atoms with Crippen LogP contribution in [0.5, 0.6) is 0 Å². The second-order valence-corrected chi connectivity index (χ2v) is 5.51. The van der Waals surface area contributed by atoms with Crippen molar-refractivity contribution in [1.82, 2.24) is 9.88 Å². The predicted molar refractivity (Wildman–Crippen MR) is 85.1 cm³/mol. The molecule has 7 nitrogen and oxygen atoms in total. The van der Waals surface area contributed by atoms with Crippen LogP contribution >= 0.6 is 11.3 Å². The van der Waals surface area contributed by atoms with E-state index in [1.807, 2.05) is 11.6 Å². The van der Waals surface area contributed by atoms with Gasteiger partial charge in [-0.25, -0.2) is 4.98 Å². The zero-order chi connectivity index (χ0) is 14.9. The highest BCUT2D eigenvalue weighted by Gasteiger charge is 2.19. The van der Waals surface area contributed by atoms with E-state index in [-0.39, 0.29) is 0 Å². The van der Waals surface area contributed by atoms with Crippen LogP contribution in [0.3, 0.4) is 0 Å². The first-order valence-corrected chi connectivity index (χ1v) is 7.95. The minimum Gasteiger partial charge on any atom is -0.382 e. The maximum absolute atomic E-state index is 6.02. The number of guanidine groups is 1. The van der Waals surface area contributed by atoms with Crippen LogP contribution in [0.25, 0.3) is 0 Å². The number of thiazole rings is 1. The SMILES string of the molecule is COCCOCCN=C(N)N1CCN(c2nccs2)CC1. The molecule has 8 heteroatoms. The van der Waals surface area contributed by atoms with E-state index in [4.69, 9.17) is 15.2 Å². The van der Waals surface area contributed by atoms with Gasteiger partial charge in [-0.1, -0.05) is 0 Å². The molecule has 0 aliphatic carbocycles. The first-order chi connectivity index (χ1) is 10.3. The number of hydrogen-bond acceptors (Lipinski definition) is 6. The zero-order valence-corrected chi connectivity index (χ0v) is 13.2. The molecule has 0 atom stereocenters. The number of nitrogens with zero attached hydrogens (tertiary/aromatic N) is 4. The molecule has 1 aliphatic heterocycles.